The predicted octanol–water partition coefficient (Wildman–Crippen LogP) is 3.63. The predicted molar refractivity (Wildman–Crippen MR) is 82.5 cm³/mol. The lowest BCUT2D eigenvalue weighted by molar-refractivity contribution is 0.0558. The quantitative estimate of drug-likeness (QED) is 0.891. The molecule has 1 saturated carbocycles. The van der Waals surface area contributed by atoms with Crippen molar-refractivity contribution in [2.75, 3.05) is 13.7 Å². The first-order valence-electron chi connectivity index (χ1n) is 7.61. The molecular formula is C17H27NO2. The van der Waals surface area contributed by atoms with Crippen molar-refractivity contribution in [3.63, 3.8) is 0 Å². The Hall–Kier alpha value is -1.22. The monoisotopic (exact) mass is 277 g/mol. The Bertz CT molecular complexity index is 414. The normalized spacial score (nSPS) is 25.2. The molecular weight excluding hydrogens is 250 g/mol. The van der Waals surface area contributed by atoms with Gasteiger partial charge in [-0.25, -0.2) is 0 Å². The van der Waals surface area contributed by atoms with Gasteiger partial charge in [0.15, 0.2) is 0 Å². The highest BCUT2D eigenvalue weighted by molar-refractivity contribution is 5.31. The van der Waals surface area contributed by atoms with Gasteiger partial charge in [-0.3, -0.25) is 0 Å². The van der Waals surface area contributed by atoms with Gasteiger partial charge in [0.1, 0.15) is 17.6 Å². The number of rotatable bonds is 5. The molecule has 0 aromatic heterocycles. The fourth-order valence-electron chi connectivity index (χ4n) is 2.93. The summed E-state index contributed by atoms with van der Waals surface area (Å²) >= 11 is 0. The lowest BCUT2D eigenvalue weighted by Crippen LogP contribution is -2.47. The van der Waals surface area contributed by atoms with Crippen molar-refractivity contribution in [3.8, 4) is 11.5 Å². The SMILES string of the molecule is CCOc1ccc(OC2CC(C)(C)CCC2NC)cc1. The molecule has 1 aliphatic carbocycles. The molecule has 0 amide bonds. The number of ether oxygens (including phenoxy) is 2. The van der Waals surface area contributed by atoms with E-state index in [0.717, 1.165) is 17.9 Å². The molecule has 1 aromatic carbocycles. The third-order valence-corrected chi connectivity index (χ3v) is 4.13. The molecule has 0 saturated heterocycles. The van der Waals surface area contributed by atoms with Gasteiger partial charge in [0.25, 0.3) is 0 Å². The van der Waals surface area contributed by atoms with E-state index >= 15 is 0 Å². The fraction of sp³-hybridized carbons (Fsp3) is 0.647. The van der Waals surface area contributed by atoms with Crippen LogP contribution in [0.4, 0.5) is 0 Å². The molecule has 2 rings (SSSR count). The van der Waals surface area contributed by atoms with E-state index in [0.29, 0.717) is 18.1 Å². The number of hydrogen-bond acceptors (Lipinski definition) is 3. The minimum atomic E-state index is 0.238. The van der Waals surface area contributed by atoms with Crippen LogP contribution in [0.25, 0.3) is 0 Å². The van der Waals surface area contributed by atoms with Gasteiger partial charge < -0.3 is 14.8 Å². The van der Waals surface area contributed by atoms with Crippen LogP contribution in [0.5, 0.6) is 11.5 Å². The van der Waals surface area contributed by atoms with Crippen molar-refractivity contribution in [2.45, 2.75) is 52.2 Å². The molecule has 2 atom stereocenters. The van der Waals surface area contributed by atoms with Crippen molar-refractivity contribution in [3.05, 3.63) is 24.3 Å². The van der Waals surface area contributed by atoms with E-state index in [4.69, 9.17) is 9.47 Å². The van der Waals surface area contributed by atoms with Crippen LogP contribution < -0.4 is 14.8 Å². The second kappa shape index (κ2) is 6.49. The van der Waals surface area contributed by atoms with Crippen molar-refractivity contribution < 1.29 is 9.47 Å². The zero-order chi connectivity index (χ0) is 14.6. The Balaban J connectivity index is 2.02. The molecule has 1 aliphatic rings. The van der Waals surface area contributed by atoms with Crippen molar-refractivity contribution >= 4 is 0 Å². The van der Waals surface area contributed by atoms with E-state index in [2.05, 4.69) is 19.2 Å². The van der Waals surface area contributed by atoms with Crippen molar-refractivity contribution in [2.24, 2.45) is 5.41 Å². The van der Waals surface area contributed by atoms with Gasteiger partial charge in [-0.2, -0.15) is 0 Å². The van der Waals surface area contributed by atoms with Gasteiger partial charge in [0.2, 0.25) is 0 Å². The minimum absolute atomic E-state index is 0.238. The minimum Gasteiger partial charge on any atom is -0.494 e. The summed E-state index contributed by atoms with van der Waals surface area (Å²) in [5, 5.41) is 3.39. The maximum atomic E-state index is 6.21. The van der Waals surface area contributed by atoms with Gasteiger partial charge in [0.05, 0.1) is 6.61 Å². The molecule has 20 heavy (non-hydrogen) atoms. The number of likely N-dealkylation sites (N-methyl/N-ethyl adjacent to an activating group) is 1. The van der Waals surface area contributed by atoms with E-state index in [1.54, 1.807) is 0 Å². The van der Waals surface area contributed by atoms with Crippen LogP contribution in [0, 0.1) is 5.41 Å². The van der Waals surface area contributed by atoms with Crippen molar-refractivity contribution in [1.82, 2.24) is 5.32 Å². The summed E-state index contributed by atoms with van der Waals surface area (Å²) in [5.41, 5.74) is 0.364. The Morgan fingerprint density at radius 2 is 1.85 bits per heavy atom. The highest BCUT2D eigenvalue weighted by Gasteiger charge is 2.35. The highest BCUT2D eigenvalue weighted by atomic mass is 16.5. The van der Waals surface area contributed by atoms with Crippen LogP contribution in [0.1, 0.15) is 40.0 Å². The molecule has 112 valence electrons. The molecule has 3 heteroatoms. The standard InChI is InChI=1S/C17H27NO2/c1-5-19-13-6-8-14(9-7-13)20-16-12-17(2,3)11-10-15(16)18-4/h6-9,15-16,18H,5,10-12H2,1-4H3. The summed E-state index contributed by atoms with van der Waals surface area (Å²) in [6, 6.07) is 8.38. The maximum absolute atomic E-state index is 6.21. The average Bonchev–Trinajstić information content (AvgIpc) is 2.41. The van der Waals surface area contributed by atoms with Gasteiger partial charge in [-0.1, -0.05) is 13.8 Å². The number of nitrogens with one attached hydrogen (secondary N) is 1. The Morgan fingerprint density at radius 1 is 1.20 bits per heavy atom. The second-order valence-electron chi connectivity index (χ2n) is 6.36. The Kier molecular flexibility index (Phi) is 4.92. The van der Waals surface area contributed by atoms with E-state index in [1.165, 1.54) is 12.8 Å². The summed E-state index contributed by atoms with van der Waals surface area (Å²) in [6.07, 6.45) is 3.75. The Morgan fingerprint density at radius 3 is 2.45 bits per heavy atom. The van der Waals surface area contributed by atoms with Crippen molar-refractivity contribution in [1.29, 1.82) is 0 Å². The lowest BCUT2D eigenvalue weighted by atomic mass is 9.74. The Labute approximate surface area is 122 Å². The zero-order valence-electron chi connectivity index (χ0n) is 13.1. The van der Waals surface area contributed by atoms with E-state index in [9.17, 15) is 0 Å². The fourth-order valence-corrected chi connectivity index (χ4v) is 2.93. The van der Waals surface area contributed by atoms with E-state index < -0.39 is 0 Å². The van der Waals surface area contributed by atoms with Crippen LogP contribution in [0.3, 0.4) is 0 Å². The summed E-state index contributed by atoms with van der Waals surface area (Å²) in [5.74, 6) is 1.82. The van der Waals surface area contributed by atoms with Gasteiger partial charge in [-0.15, -0.1) is 0 Å². The van der Waals surface area contributed by atoms with Crippen LogP contribution in [-0.4, -0.2) is 25.8 Å². The molecule has 0 spiro atoms. The lowest BCUT2D eigenvalue weighted by Gasteiger charge is -2.40. The summed E-state index contributed by atoms with van der Waals surface area (Å²) in [7, 11) is 2.03. The zero-order valence-corrected chi connectivity index (χ0v) is 13.1. The number of hydrogen-bond donors (Lipinski definition) is 1. The third-order valence-electron chi connectivity index (χ3n) is 4.13. The van der Waals surface area contributed by atoms with Crippen LogP contribution in [-0.2, 0) is 0 Å². The maximum Gasteiger partial charge on any atom is 0.120 e. The molecule has 0 bridgehead atoms. The first-order valence-corrected chi connectivity index (χ1v) is 7.61. The second-order valence-corrected chi connectivity index (χ2v) is 6.36. The van der Waals surface area contributed by atoms with Crippen LogP contribution >= 0.6 is 0 Å². The van der Waals surface area contributed by atoms with E-state index in [1.807, 2.05) is 38.2 Å². The third kappa shape index (κ3) is 3.89. The molecule has 0 heterocycles. The van der Waals surface area contributed by atoms with Gasteiger partial charge in [0, 0.05) is 6.04 Å². The summed E-state index contributed by atoms with van der Waals surface area (Å²) in [6.45, 7) is 7.34. The first kappa shape index (κ1) is 15.2. The van der Waals surface area contributed by atoms with Gasteiger partial charge in [-0.05, 0) is 62.9 Å². The molecule has 1 N–H and O–H groups in total. The molecule has 1 fully saturated rings. The topological polar surface area (TPSA) is 30.5 Å². The van der Waals surface area contributed by atoms with Crippen LogP contribution in [0.2, 0.25) is 0 Å². The number of benzene rings is 1. The molecule has 0 aliphatic heterocycles. The van der Waals surface area contributed by atoms with Gasteiger partial charge >= 0.3 is 0 Å². The molecule has 0 radical (unpaired) electrons. The van der Waals surface area contributed by atoms with E-state index in [-0.39, 0.29) is 6.10 Å². The molecule has 3 nitrogen and oxygen atoms in total. The first-order chi connectivity index (χ1) is 9.54. The molecule has 1 aromatic rings. The molecule has 2 unspecified atom stereocenters. The summed E-state index contributed by atoms with van der Waals surface area (Å²) < 4.78 is 11.7. The average molecular weight is 277 g/mol. The smallest absolute Gasteiger partial charge is 0.120 e. The van der Waals surface area contributed by atoms with Crippen LogP contribution in [0.15, 0.2) is 24.3 Å². The summed E-state index contributed by atoms with van der Waals surface area (Å²) in [4.78, 5) is 0. The highest BCUT2D eigenvalue weighted by Crippen LogP contribution is 2.37. The largest absolute Gasteiger partial charge is 0.494 e.